The third-order valence-corrected chi connectivity index (χ3v) is 10.7. The van der Waals surface area contributed by atoms with Crippen LogP contribution in [0.1, 0.15) is 188 Å². The zero-order valence-electron chi connectivity index (χ0n) is 37.2. The number of rotatable bonds is 42. The zero-order valence-corrected chi connectivity index (χ0v) is 38.1. The van der Waals surface area contributed by atoms with Gasteiger partial charge in [0.1, 0.15) is 12.7 Å². The minimum absolute atomic E-state index is 0.0934. The van der Waals surface area contributed by atoms with Gasteiger partial charge in [0.25, 0.3) is 0 Å². The average Bonchev–Trinajstić information content (AvgIpc) is 3.20. The number of phosphoric ester groups is 1. The van der Waals surface area contributed by atoms with Gasteiger partial charge in [0.15, 0.2) is 6.10 Å². The molecule has 0 rings (SSSR count). The van der Waals surface area contributed by atoms with E-state index in [1.807, 2.05) is 18.2 Å². The van der Waals surface area contributed by atoms with Gasteiger partial charge in [0, 0.05) is 12.8 Å². The molecule has 0 aliphatic carbocycles. The van der Waals surface area contributed by atoms with Crippen LogP contribution in [0.5, 0.6) is 0 Å². The molecule has 12 heteroatoms. The van der Waals surface area contributed by atoms with Crippen LogP contribution in [0.3, 0.4) is 0 Å². The summed E-state index contributed by atoms with van der Waals surface area (Å²) >= 11 is 0. The van der Waals surface area contributed by atoms with Crippen molar-refractivity contribution in [1.82, 2.24) is 0 Å². The van der Waals surface area contributed by atoms with Crippen molar-refractivity contribution in [3.05, 3.63) is 48.6 Å². The van der Waals surface area contributed by atoms with Crippen LogP contribution >= 0.6 is 7.82 Å². The Bertz CT molecular complexity index is 1150. The lowest BCUT2D eigenvalue weighted by atomic mass is 10.0. The van der Waals surface area contributed by atoms with Gasteiger partial charge in [0.05, 0.1) is 25.9 Å². The van der Waals surface area contributed by atoms with Crippen LogP contribution in [0.15, 0.2) is 48.6 Å². The maximum Gasteiger partial charge on any atom is 0.472 e. The SMILES string of the molecule is CCCC(O)C/C=C\C/C=C\C/C=C\C/C=C\CCCC(=O)O[C@H](COC(=O)CCCCCCCCCCCCCCCCCC(C)C)COP(=O)(O)OC[C@@H](O)CO. The number of aliphatic hydroxyl groups is 3. The molecule has 0 aliphatic heterocycles. The van der Waals surface area contributed by atoms with Crippen LogP contribution in [0, 0.1) is 5.92 Å². The van der Waals surface area contributed by atoms with Gasteiger partial charge in [-0.15, -0.1) is 0 Å². The Morgan fingerprint density at radius 1 is 0.576 bits per heavy atom. The molecule has 2 unspecified atom stereocenters. The van der Waals surface area contributed by atoms with Crippen LogP contribution in [-0.4, -0.2) is 76.9 Å². The van der Waals surface area contributed by atoms with Gasteiger partial charge >= 0.3 is 19.8 Å². The fourth-order valence-electron chi connectivity index (χ4n) is 6.19. The first-order chi connectivity index (χ1) is 28.5. The van der Waals surface area contributed by atoms with Crippen LogP contribution in [0.2, 0.25) is 0 Å². The van der Waals surface area contributed by atoms with E-state index >= 15 is 0 Å². The second kappa shape index (κ2) is 41.3. The quantitative estimate of drug-likeness (QED) is 0.0199. The predicted octanol–water partition coefficient (Wildman–Crippen LogP) is 11.3. The Kier molecular flexibility index (Phi) is 39.8. The topological polar surface area (TPSA) is 169 Å². The molecule has 0 spiro atoms. The van der Waals surface area contributed by atoms with Crippen LogP contribution in [0.25, 0.3) is 0 Å². The Hall–Kier alpha value is -2.11. The summed E-state index contributed by atoms with van der Waals surface area (Å²) in [7, 11) is -4.64. The van der Waals surface area contributed by atoms with Crippen LogP contribution in [0.4, 0.5) is 0 Å². The van der Waals surface area contributed by atoms with Gasteiger partial charge in [0.2, 0.25) is 0 Å². The van der Waals surface area contributed by atoms with Gasteiger partial charge < -0.3 is 29.7 Å². The number of carbonyl (C=O) groups excluding carboxylic acids is 2. The molecule has 0 bridgehead atoms. The molecule has 11 nitrogen and oxygen atoms in total. The lowest BCUT2D eigenvalue weighted by Crippen LogP contribution is -2.29. The van der Waals surface area contributed by atoms with Gasteiger partial charge in [-0.25, -0.2) is 4.57 Å². The lowest BCUT2D eigenvalue weighted by Gasteiger charge is -2.20. The predicted molar refractivity (Wildman–Crippen MR) is 239 cm³/mol. The number of ether oxygens (including phenoxy) is 2. The highest BCUT2D eigenvalue weighted by atomic mass is 31.2. The summed E-state index contributed by atoms with van der Waals surface area (Å²) in [5, 5.41) is 28.1. The summed E-state index contributed by atoms with van der Waals surface area (Å²) in [4.78, 5) is 35.0. The van der Waals surface area contributed by atoms with Gasteiger partial charge in [-0.05, 0) is 57.3 Å². The van der Waals surface area contributed by atoms with Gasteiger partial charge in [-0.1, -0.05) is 172 Å². The molecule has 0 aliphatic rings. The molecule has 0 aromatic rings. The molecule has 0 radical (unpaired) electrons. The van der Waals surface area contributed by atoms with Crippen LogP contribution < -0.4 is 0 Å². The third kappa shape index (κ3) is 42.4. The number of carbonyl (C=O) groups is 2. The summed E-state index contributed by atoms with van der Waals surface area (Å²) in [5.74, 6) is -0.183. The molecular formula is C47H85O11P. The monoisotopic (exact) mass is 857 g/mol. The highest BCUT2D eigenvalue weighted by molar-refractivity contribution is 7.47. The molecule has 0 saturated carbocycles. The third-order valence-electron chi connectivity index (χ3n) is 9.72. The number of hydrogen-bond donors (Lipinski definition) is 4. The molecule has 0 fully saturated rings. The van der Waals surface area contributed by atoms with Gasteiger partial charge in [-0.3, -0.25) is 18.6 Å². The molecule has 4 atom stereocenters. The lowest BCUT2D eigenvalue weighted by molar-refractivity contribution is -0.161. The van der Waals surface area contributed by atoms with Crippen molar-refractivity contribution in [3.8, 4) is 0 Å². The molecule has 0 saturated heterocycles. The average molecular weight is 857 g/mol. The number of esters is 2. The number of unbranched alkanes of at least 4 members (excludes halogenated alkanes) is 15. The Labute approximate surface area is 358 Å². The number of phosphoric acid groups is 1. The van der Waals surface area contributed by atoms with E-state index in [-0.39, 0.29) is 25.6 Å². The Morgan fingerprint density at radius 3 is 1.58 bits per heavy atom. The maximum atomic E-state index is 12.6. The normalized spacial score (nSPS) is 14.8. The maximum absolute atomic E-state index is 12.6. The minimum atomic E-state index is -4.64. The second-order valence-electron chi connectivity index (χ2n) is 16.1. The van der Waals surface area contributed by atoms with E-state index in [4.69, 9.17) is 19.1 Å². The van der Waals surface area contributed by atoms with E-state index in [9.17, 15) is 29.3 Å². The van der Waals surface area contributed by atoms with Crippen LogP contribution in [-0.2, 0) is 32.7 Å². The standard InChI is InChI=1S/C47H85O11P/c1-4-33-43(49)35-30-26-22-18-14-10-8-12-16-20-24-28-32-37-47(52)58-45(41-57-59(53,54)56-39-44(50)38-48)40-55-46(51)36-31-27-23-19-15-11-7-5-6-9-13-17-21-25-29-34-42(2)3/h8,12,14,18,20,24,26,30,42-45,48-50H,4-7,9-11,13,15-17,19,21-23,25,27-29,31-41H2,1-3H3,(H,53,54)/b12-8-,18-14-,24-20-,30-26-/t43?,44-,45+/m0/s1. The first-order valence-electron chi connectivity index (χ1n) is 23.0. The van der Waals surface area contributed by atoms with E-state index in [0.29, 0.717) is 25.7 Å². The summed E-state index contributed by atoms with van der Waals surface area (Å²) < 4.78 is 32.7. The van der Waals surface area contributed by atoms with Crippen molar-refractivity contribution in [3.63, 3.8) is 0 Å². The first-order valence-corrected chi connectivity index (χ1v) is 24.5. The molecule has 59 heavy (non-hydrogen) atoms. The largest absolute Gasteiger partial charge is 0.472 e. The van der Waals surface area contributed by atoms with Crippen molar-refractivity contribution in [2.24, 2.45) is 5.92 Å². The summed E-state index contributed by atoms with van der Waals surface area (Å²) in [6, 6.07) is 0. The highest BCUT2D eigenvalue weighted by Gasteiger charge is 2.27. The summed E-state index contributed by atoms with van der Waals surface area (Å²) in [5.41, 5.74) is 0. The fourth-order valence-corrected chi connectivity index (χ4v) is 6.98. The van der Waals surface area contributed by atoms with Crippen molar-refractivity contribution < 1.29 is 52.9 Å². The minimum Gasteiger partial charge on any atom is -0.462 e. The molecule has 0 heterocycles. The second-order valence-corrected chi connectivity index (χ2v) is 17.5. The summed E-state index contributed by atoms with van der Waals surface area (Å²) in [6.45, 7) is 4.46. The highest BCUT2D eigenvalue weighted by Crippen LogP contribution is 2.43. The molecule has 344 valence electrons. The Morgan fingerprint density at radius 2 is 1.05 bits per heavy atom. The molecular weight excluding hydrogens is 771 g/mol. The molecule has 0 aromatic carbocycles. The molecule has 0 amide bonds. The zero-order chi connectivity index (χ0) is 43.7. The fraction of sp³-hybridized carbons (Fsp3) is 0.787. The summed E-state index contributed by atoms with van der Waals surface area (Å²) in [6.07, 6.45) is 40.1. The van der Waals surface area contributed by atoms with Crippen molar-refractivity contribution in [1.29, 1.82) is 0 Å². The van der Waals surface area contributed by atoms with E-state index < -0.39 is 51.8 Å². The van der Waals surface area contributed by atoms with Crippen molar-refractivity contribution in [2.75, 3.05) is 26.4 Å². The number of allylic oxidation sites excluding steroid dienone is 7. The smallest absolute Gasteiger partial charge is 0.462 e. The number of hydrogen-bond acceptors (Lipinski definition) is 10. The molecule has 4 N–H and O–H groups in total. The molecule has 0 aromatic heterocycles. The van der Waals surface area contributed by atoms with E-state index in [1.54, 1.807) is 0 Å². The van der Waals surface area contributed by atoms with Crippen molar-refractivity contribution in [2.45, 2.75) is 206 Å². The van der Waals surface area contributed by atoms with E-state index in [0.717, 1.165) is 57.3 Å². The van der Waals surface area contributed by atoms with Crippen molar-refractivity contribution >= 4 is 19.8 Å². The first kappa shape index (κ1) is 56.9. The van der Waals surface area contributed by atoms with Gasteiger partial charge in [-0.2, -0.15) is 0 Å². The number of aliphatic hydroxyl groups excluding tert-OH is 3. The van der Waals surface area contributed by atoms with E-state index in [2.05, 4.69) is 55.7 Å². The Balaban J connectivity index is 4.35. The van der Waals surface area contributed by atoms with E-state index in [1.165, 1.54) is 77.0 Å².